The topological polar surface area (TPSA) is 55.8 Å². The highest BCUT2D eigenvalue weighted by atomic mass is 16.5. The van der Waals surface area contributed by atoms with Gasteiger partial charge in [0.15, 0.2) is 11.5 Å². The number of aliphatic carboxylic acids is 1. The number of hydrogen-bond donors (Lipinski definition) is 1. The summed E-state index contributed by atoms with van der Waals surface area (Å²) in [6.07, 6.45) is 2.07. The van der Waals surface area contributed by atoms with E-state index in [-0.39, 0.29) is 5.92 Å². The lowest BCUT2D eigenvalue weighted by molar-refractivity contribution is -0.142. The van der Waals surface area contributed by atoms with Crippen LogP contribution in [0, 0.1) is 5.92 Å². The van der Waals surface area contributed by atoms with Gasteiger partial charge in [-0.25, -0.2) is 0 Å². The second kappa shape index (κ2) is 7.58. The Morgan fingerprint density at radius 3 is 2.50 bits per heavy atom. The van der Waals surface area contributed by atoms with Crippen LogP contribution < -0.4 is 9.47 Å². The molecule has 0 spiro atoms. The summed E-state index contributed by atoms with van der Waals surface area (Å²) in [6.45, 7) is 2.37. The van der Waals surface area contributed by atoms with E-state index in [1.165, 1.54) is 0 Å². The molecular weight excluding hydrogens is 232 g/mol. The minimum atomic E-state index is -0.750. The molecule has 0 radical (unpaired) electrons. The summed E-state index contributed by atoms with van der Waals surface area (Å²) in [7, 11) is 1.58. The number of benzene rings is 1. The Bertz CT molecular complexity index is 376. The van der Waals surface area contributed by atoms with Crippen LogP contribution in [0.4, 0.5) is 0 Å². The maximum atomic E-state index is 11.0. The number of carbonyl (C=O) groups is 1. The van der Waals surface area contributed by atoms with E-state index in [0.29, 0.717) is 30.9 Å². The van der Waals surface area contributed by atoms with Gasteiger partial charge in [0.05, 0.1) is 19.6 Å². The van der Waals surface area contributed by atoms with Gasteiger partial charge in [-0.3, -0.25) is 4.79 Å². The molecule has 0 aliphatic heterocycles. The van der Waals surface area contributed by atoms with Gasteiger partial charge in [-0.1, -0.05) is 25.5 Å². The van der Waals surface area contributed by atoms with Crippen LogP contribution in [0.15, 0.2) is 24.3 Å². The quantitative estimate of drug-likeness (QED) is 0.772. The first-order valence-corrected chi connectivity index (χ1v) is 6.17. The van der Waals surface area contributed by atoms with E-state index in [9.17, 15) is 4.79 Å². The molecule has 0 aliphatic carbocycles. The van der Waals surface area contributed by atoms with Gasteiger partial charge in [0, 0.05) is 0 Å². The minimum absolute atomic E-state index is 0.329. The van der Waals surface area contributed by atoms with Gasteiger partial charge < -0.3 is 14.6 Å². The highest BCUT2D eigenvalue weighted by Gasteiger charge is 2.16. The van der Waals surface area contributed by atoms with E-state index in [1.807, 2.05) is 31.2 Å². The van der Waals surface area contributed by atoms with Crippen molar-refractivity contribution in [3.8, 4) is 11.5 Å². The highest BCUT2D eigenvalue weighted by Crippen LogP contribution is 2.26. The largest absolute Gasteiger partial charge is 0.493 e. The molecule has 18 heavy (non-hydrogen) atoms. The molecule has 0 bridgehead atoms. The predicted molar refractivity (Wildman–Crippen MR) is 69.1 cm³/mol. The smallest absolute Gasteiger partial charge is 0.306 e. The van der Waals surface area contributed by atoms with Crippen LogP contribution in [0.1, 0.15) is 26.2 Å². The molecule has 0 aliphatic rings. The van der Waals surface area contributed by atoms with Gasteiger partial charge in [-0.2, -0.15) is 0 Å². The molecule has 1 aromatic carbocycles. The van der Waals surface area contributed by atoms with E-state index < -0.39 is 5.97 Å². The molecule has 0 fully saturated rings. The number of carboxylic acids is 1. The highest BCUT2D eigenvalue weighted by molar-refractivity contribution is 5.69. The van der Waals surface area contributed by atoms with Crippen molar-refractivity contribution < 1.29 is 19.4 Å². The SMILES string of the molecule is CCCC(CCOc1ccccc1OC)C(=O)O. The monoisotopic (exact) mass is 252 g/mol. The molecule has 1 N–H and O–H groups in total. The van der Waals surface area contributed by atoms with Gasteiger partial charge in [0.25, 0.3) is 0 Å². The van der Waals surface area contributed by atoms with E-state index in [2.05, 4.69) is 0 Å². The van der Waals surface area contributed by atoms with Crippen molar-refractivity contribution in [1.29, 1.82) is 0 Å². The number of hydrogen-bond acceptors (Lipinski definition) is 3. The number of methoxy groups -OCH3 is 1. The molecule has 0 saturated heterocycles. The van der Waals surface area contributed by atoms with Crippen molar-refractivity contribution in [2.75, 3.05) is 13.7 Å². The summed E-state index contributed by atoms with van der Waals surface area (Å²) in [6, 6.07) is 7.35. The molecule has 0 saturated carbocycles. The van der Waals surface area contributed by atoms with Crippen molar-refractivity contribution in [2.24, 2.45) is 5.92 Å². The minimum Gasteiger partial charge on any atom is -0.493 e. The third-order valence-electron chi connectivity index (χ3n) is 2.78. The first-order valence-electron chi connectivity index (χ1n) is 6.17. The van der Waals surface area contributed by atoms with Gasteiger partial charge in [0.2, 0.25) is 0 Å². The molecule has 4 nitrogen and oxygen atoms in total. The van der Waals surface area contributed by atoms with Crippen molar-refractivity contribution >= 4 is 5.97 Å². The first-order chi connectivity index (χ1) is 8.69. The van der Waals surface area contributed by atoms with Crippen LogP contribution in [-0.2, 0) is 4.79 Å². The lowest BCUT2D eigenvalue weighted by atomic mass is 10.0. The Kier molecular flexibility index (Phi) is 6.05. The van der Waals surface area contributed by atoms with Crippen LogP contribution in [0.5, 0.6) is 11.5 Å². The van der Waals surface area contributed by atoms with Gasteiger partial charge in [0.1, 0.15) is 0 Å². The zero-order valence-corrected chi connectivity index (χ0v) is 10.9. The molecule has 1 aromatic rings. The second-order valence-electron chi connectivity index (χ2n) is 4.11. The maximum Gasteiger partial charge on any atom is 0.306 e. The second-order valence-corrected chi connectivity index (χ2v) is 4.11. The fourth-order valence-electron chi connectivity index (χ4n) is 1.79. The van der Waals surface area contributed by atoms with E-state index in [0.717, 1.165) is 6.42 Å². The Balaban J connectivity index is 2.47. The number of ether oxygens (including phenoxy) is 2. The average molecular weight is 252 g/mol. The summed E-state index contributed by atoms with van der Waals surface area (Å²) in [4.78, 5) is 11.0. The van der Waals surface area contributed by atoms with Crippen LogP contribution in [0.3, 0.4) is 0 Å². The number of carboxylic acid groups (broad SMARTS) is 1. The average Bonchev–Trinajstić information content (AvgIpc) is 2.38. The van der Waals surface area contributed by atoms with Crippen molar-refractivity contribution in [2.45, 2.75) is 26.2 Å². The lowest BCUT2D eigenvalue weighted by Gasteiger charge is -2.13. The van der Waals surface area contributed by atoms with Crippen LogP contribution in [0.2, 0.25) is 0 Å². The predicted octanol–water partition coefficient (Wildman–Crippen LogP) is 2.97. The Labute approximate surface area is 108 Å². The summed E-state index contributed by atoms with van der Waals surface area (Å²) >= 11 is 0. The van der Waals surface area contributed by atoms with Crippen molar-refractivity contribution in [1.82, 2.24) is 0 Å². The molecule has 0 heterocycles. The van der Waals surface area contributed by atoms with Crippen LogP contribution >= 0.6 is 0 Å². The molecule has 1 rings (SSSR count). The molecule has 1 unspecified atom stereocenters. The van der Waals surface area contributed by atoms with Crippen LogP contribution in [0.25, 0.3) is 0 Å². The molecular formula is C14H20O4. The van der Waals surface area contributed by atoms with Gasteiger partial charge >= 0.3 is 5.97 Å². The summed E-state index contributed by atoms with van der Waals surface area (Å²) in [5.41, 5.74) is 0. The summed E-state index contributed by atoms with van der Waals surface area (Å²) in [5.74, 6) is 0.241. The van der Waals surface area contributed by atoms with Crippen LogP contribution in [-0.4, -0.2) is 24.8 Å². The standard InChI is InChI=1S/C14H20O4/c1-3-6-11(14(15)16)9-10-18-13-8-5-4-7-12(13)17-2/h4-5,7-8,11H,3,6,9-10H2,1-2H3,(H,15,16). The summed E-state index contributed by atoms with van der Waals surface area (Å²) in [5, 5.41) is 9.02. The normalized spacial score (nSPS) is 11.9. The van der Waals surface area contributed by atoms with Crippen molar-refractivity contribution in [3.05, 3.63) is 24.3 Å². The number of rotatable bonds is 8. The Morgan fingerprint density at radius 1 is 1.28 bits per heavy atom. The molecule has 0 amide bonds. The van der Waals surface area contributed by atoms with Crippen molar-refractivity contribution in [3.63, 3.8) is 0 Å². The summed E-state index contributed by atoms with van der Waals surface area (Å²) < 4.78 is 10.7. The Hall–Kier alpha value is -1.71. The molecule has 4 heteroatoms. The van der Waals surface area contributed by atoms with E-state index in [1.54, 1.807) is 7.11 Å². The lowest BCUT2D eigenvalue weighted by Crippen LogP contribution is -2.16. The van der Waals surface area contributed by atoms with Gasteiger partial charge in [-0.05, 0) is 25.0 Å². The Morgan fingerprint density at radius 2 is 1.94 bits per heavy atom. The first kappa shape index (κ1) is 14.4. The molecule has 100 valence electrons. The van der Waals surface area contributed by atoms with E-state index >= 15 is 0 Å². The molecule has 0 aromatic heterocycles. The zero-order valence-electron chi connectivity index (χ0n) is 10.9. The zero-order chi connectivity index (χ0) is 13.4. The van der Waals surface area contributed by atoms with Gasteiger partial charge in [-0.15, -0.1) is 0 Å². The fourth-order valence-corrected chi connectivity index (χ4v) is 1.79. The number of para-hydroxylation sites is 2. The maximum absolute atomic E-state index is 11.0. The van der Waals surface area contributed by atoms with E-state index in [4.69, 9.17) is 14.6 Å². The molecule has 1 atom stereocenters. The fraction of sp³-hybridized carbons (Fsp3) is 0.500. The third kappa shape index (κ3) is 4.28. The third-order valence-corrected chi connectivity index (χ3v) is 2.78.